The van der Waals surface area contributed by atoms with Gasteiger partial charge in [-0.2, -0.15) is 0 Å². The van der Waals surface area contributed by atoms with Gasteiger partial charge in [-0.25, -0.2) is 0 Å². The Morgan fingerprint density at radius 2 is 1.70 bits per heavy atom. The lowest BCUT2D eigenvalue weighted by Crippen LogP contribution is -2.32. The Morgan fingerprint density at radius 3 is 2.30 bits per heavy atom. The predicted octanol–water partition coefficient (Wildman–Crippen LogP) is 2.51. The zero-order valence-corrected chi connectivity index (χ0v) is 11.9. The minimum Gasteiger partial charge on any atom is -0.332 e. The maximum Gasteiger partial charge on any atom is 0.222 e. The highest BCUT2D eigenvalue weighted by Gasteiger charge is 2.00. The zero-order chi connectivity index (χ0) is 14.4. The first-order chi connectivity index (χ1) is 9.63. The molecule has 1 aromatic carbocycles. The third-order valence-corrected chi connectivity index (χ3v) is 2.86. The summed E-state index contributed by atoms with van der Waals surface area (Å²) >= 11 is 5.00. The number of rotatable bonds is 3. The van der Waals surface area contributed by atoms with Crippen LogP contribution in [-0.4, -0.2) is 16.0 Å². The van der Waals surface area contributed by atoms with Crippen molar-refractivity contribution in [2.24, 2.45) is 0 Å². The van der Waals surface area contributed by atoms with Gasteiger partial charge in [0.15, 0.2) is 5.11 Å². The maximum absolute atomic E-state index is 10.9. The summed E-state index contributed by atoms with van der Waals surface area (Å²) in [6, 6.07) is 11.9. The van der Waals surface area contributed by atoms with Gasteiger partial charge in [0.1, 0.15) is 0 Å². The van der Waals surface area contributed by atoms with E-state index in [2.05, 4.69) is 15.6 Å². The van der Waals surface area contributed by atoms with Crippen molar-refractivity contribution in [2.75, 3.05) is 5.32 Å². The number of hydrogen-bond acceptors (Lipinski definition) is 3. The van der Waals surface area contributed by atoms with Crippen LogP contribution in [0, 0.1) is 0 Å². The summed E-state index contributed by atoms with van der Waals surface area (Å²) in [6.07, 6.45) is 4.44. The normalized spacial score (nSPS) is 9.85. The fourth-order valence-corrected chi connectivity index (χ4v) is 2.03. The Bertz CT molecular complexity index is 596. The number of amides is 1. The molecule has 0 aliphatic carbocycles. The molecule has 0 aliphatic rings. The average Bonchev–Trinajstić information content (AvgIpc) is 2.41. The molecule has 1 amide bonds. The number of anilines is 1. The third kappa shape index (κ3) is 4.44. The molecule has 0 spiro atoms. The quantitative estimate of drug-likeness (QED) is 0.851. The molecule has 2 aromatic rings. The van der Waals surface area contributed by atoms with Crippen molar-refractivity contribution in [1.29, 1.82) is 0 Å². The maximum atomic E-state index is 10.9. The van der Waals surface area contributed by atoms with Gasteiger partial charge < -0.3 is 10.6 Å². The number of thiocarbonyl (C=S) groups is 1. The molecule has 4 nitrogen and oxygen atoms in total. The van der Waals surface area contributed by atoms with Crippen LogP contribution >= 0.6 is 12.2 Å². The molecule has 20 heavy (non-hydrogen) atoms. The van der Waals surface area contributed by atoms with E-state index in [0.717, 1.165) is 12.1 Å². The van der Waals surface area contributed by atoms with Gasteiger partial charge in [0.25, 0.3) is 0 Å². The summed E-state index contributed by atoms with van der Waals surface area (Å²) in [5.74, 6) is -0.184. The Morgan fingerprint density at radius 1 is 1.10 bits per heavy atom. The third-order valence-electron chi connectivity index (χ3n) is 2.66. The molecular weight excluding hydrogens is 270 g/mol. The lowest BCUT2D eigenvalue weighted by atomic mass is 10.1. The van der Waals surface area contributed by atoms with E-state index in [1.54, 1.807) is 12.4 Å². The van der Waals surface area contributed by atoms with Gasteiger partial charge in [-0.05, 0) is 54.0 Å². The van der Waals surface area contributed by atoms with Crippen molar-refractivity contribution in [2.45, 2.75) is 13.3 Å². The second-order valence-corrected chi connectivity index (χ2v) is 4.77. The highest BCUT2D eigenvalue weighted by Crippen LogP contribution is 2.13. The molecule has 0 bridgehead atoms. The topological polar surface area (TPSA) is 54.0 Å². The Balaban J connectivity index is 1.96. The van der Waals surface area contributed by atoms with Gasteiger partial charge in [0, 0.05) is 25.0 Å². The fraction of sp³-hybridized carbons (Fsp3) is 0.133. The number of pyridine rings is 1. The SMILES string of the molecule is CC(=O)NC(=S)Nc1ccc(Cc2ccncc2)cc1. The lowest BCUT2D eigenvalue weighted by molar-refractivity contribution is -0.117. The number of carbonyl (C=O) groups is 1. The molecule has 0 atom stereocenters. The van der Waals surface area contributed by atoms with Gasteiger partial charge in [0.2, 0.25) is 5.91 Å². The standard InChI is InChI=1S/C15H15N3OS/c1-11(19)17-15(20)18-14-4-2-12(3-5-14)10-13-6-8-16-9-7-13/h2-9H,10H2,1H3,(H2,17,18,19,20). The molecule has 0 radical (unpaired) electrons. The highest BCUT2D eigenvalue weighted by atomic mass is 32.1. The van der Waals surface area contributed by atoms with Gasteiger partial charge >= 0.3 is 0 Å². The van der Waals surface area contributed by atoms with Gasteiger partial charge in [-0.1, -0.05) is 12.1 Å². The van der Waals surface area contributed by atoms with Crippen LogP contribution in [0.1, 0.15) is 18.1 Å². The number of carbonyl (C=O) groups excluding carboxylic acids is 1. The Kier molecular flexibility index (Phi) is 4.79. The predicted molar refractivity (Wildman–Crippen MR) is 83.5 cm³/mol. The van der Waals surface area contributed by atoms with Crippen LogP contribution in [0.4, 0.5) is 5.69 Å². The first-order valence-corrected chi connectivity index (χ1v) is 6.61. The second-order valence-electron chi connectivity index (χ2n) is 4.36. The van der Waals surface area contributed by atoms with Crippen LogP contribution in [-0.2, 0) is 11.2 Å². The van der Waals surface area contributed by atoms with E-state index >= 15 is 0 Å². The van der Waals surface area contributed by atoms with Crippen molar-refractivity contribution in [3.63, 3.8) is 0 Å². The molecule has 5 heteroatoms. The number of aromatic nitrogens is 1. The molecule has 102 valence electrons. The molecule has 0 saturated heterocycles. The molecule has 0 aliphatic heterocycles. The molecule has 2 N–H and O–H groups in total. The van der Waals surface area contributed by atoms with Crippen LogP contribution in [0.3, 0.4) is 0 Å². The smallest absolute Gasteiger partial charge is 0.222 e. The monoisotopic (exact) mass is 285 g/mol. The van der Waals surface area contributed by atoms with Crippen LogP contribution in [0.5, 0.6) is 0 Å². The Labute approximate surface area is 123 Å². The van der Waals surface area contributed by atoms with Crippen molar-refractivity contribution < 1.29 is 4.79 Å². The first-order valence-electron chi connectivity index (χ1n) is 6.20. The van der Waals surface area contributed by atoms with Gasteiger partial charge in [0.05, 0.1) is 0 Å². The molecule has 2 rings (SSSR count). The molecule has 1 heterocycles. The van der Waals surface area contributed by atoms with Crippen molar-refractivity contribution in [1.82, 2.24) is 10.3 Å². The minimum absolute atomic E-state index is 0.184. The average molecular weight is 285 g/mol. The minimum atomic E-state index is -0.184. The van der Waals surface area contributed by atoms with E-state index in [0.29, 0.717) is 5.11 Å². The van der Waals surface area contributed by atoms with Gasteiger partial charge in [-0.15, -0.1) is 0 Å². The van der Waals surface area contributed by atoms with E-state index in [4.69, 9.17) is 12.2 Å². The number of nitrogens with zero attached hydrogens (tertiary/aromatic N) is 1. The largest absolute Gasteiger partial charge is 0.332 e. The van der Waals surface area contributed by atoms with E-state index < -0.39 is 0 Å². The summed E-state index contributed by atoms with van der Waals surface area (Å²) in [4.78, 5) is 14.9. The van der Waals surface area contributed by atoms with Crippen molar-refractivity contribution in [3.05, 3.63) is 59.9 Å². The first kappa shape index (κ1) is 14.1. The van der Waals surface area contributed by atoms with Crippen molar-refractivity contribution >= 4 is 28.9 Å². The summed E-state index contributed by atoms with van der Waals surface area (Å²) < 4.78 is 0. The van der Waals surface area contributed by atoms with Crippen LogP contribution in [0.2, 0.25) is 0 Å². The highest BCUT2D eigenvalue weighted by molar-refractivity contribution is 7.80. The summed E-state index contributed by atoms with van der Waals surface area (Å²) in [5, 5.41) is 5.78. The van der Waals surface area contributed by atoms with Crippen LogP contribution in [0.15, 0.2) is 48.8 Å². The molecule has 1 aromatic heterocycles. The molecule has 0 saturated carbocycles. The molecule has 0 fully saturated rings. The summed E-state index contributed by atoms with van der Waals surface area (Å²) in [6.45, 7) is 1.42. The van der Waals surface area contributed by atoms with E-state index in [-0.39, 0.29) is 5.91 Å². The Hall–Kier alpha value is -2.27. The van der Waals surface area contributed by atoms with E-state index in [1.165, 1.54) is 18.1 Å². The van der Waals surface area contributed by atoms with E-state index in [1.807, 2.05) is 36.4 Å². The second kappa shape index (κ2) is 6.77. The zero-order valence-electron chi connectivity index (χ0n) is 11.1. The summed E-state index contributed by atoms with van der Waals surface area (Å²) in [7, 11) is 0. The lowest BCUT2D eigenvalue weighted by Gasteiger charge is -2.09. The number of hydrogen-bond donors (Lipinski definition) is 2. The number of nitrogens with one attached hydrogen (secondary N) is 2. The number of benzene rings is 1. The summed E-state index contributed by atoms with van der Waals surface area (Å²) in [5.41, 5.74) is 3.27. The molecule has 0 unspecified atom stereocenters. The van der Waals surface area contributed by atoms with Gasteiger partial charge in [-0.3, -0.25) is 9.78 Å². The van der Waals surface area contributed by atoms with Crippen LogP contribution in [0.25, 0.3) is 0 Å². The fourth-order valence-electron chi connectivity index (χ4n) is 1.76. The van der Waals surface area contributed by atoms with Crippen LogP contribution < -0.4 is 10.6 Å². The van der Waals surface area contributed by atoms with Crippen molar-refractivity contribution in [3.8, 4) is 0 Å². The molecular formula is C15H15N3OS. The van der Waals surface area contributed by atoms with E-state index in [9.17, 15) is 4.79 Å².